The fraction of sp³-hybridized carbons (Fsp3) is 0.308. The van der Waals surface area contributed by atoms with Crippen molar-refractivity contribution in [2.75, 3.05) is 36.4 Å². The van der Waals surface area contributed by atoms with Crippen molar-refractivity contribution < 1.29 is 14.3 Å². The number of rotatable bonds is 4. The minimum absolute atomic E-state index is 0.283. The molecule has 0 radical (unpaired) electrons. The first-order valence-electron chi connectivity index (χ1n) is 11.8. The smallest absolute Gasteiger partial charge is 0.410 e. The molecule has 2 aromatic carbocycles. The van der Waals surface area contributed by atoms with Crippen LogP contribution in [-0.4, -0.2) is 63.4 Å². The molecule has 9 nitrogen and oxygen atoms in total. The molecule has 1 aliphatic rings. The van der Waals surface area contributed by atoms with Crippen LogP contribution in [0.25, 0.3) is 16.0 Å². The van der Waals surface area contributed by atoms with E-state index in [1.54, 1.807) is 15.0 Å². The minimum Gasteiger partial charge on any atom is -0.444 e. The number of para-hydroxylation sites is 2. The van der Waals surface area contributed by atoms with Gasteiger partial charge in [-0.1, -0.05) is 30.3 Å². The summed E-state index contributed by atoms with van der Waals surface area (Å²) in [5.74, 6) is -0.283. The summed E-state index contributed by atoms with van der Waals surface area (Å²) < 4.78 is 7.19. The molecule has 0 spiro atoms. The molecule has 2 amide bonds. The van der Waals surface area contributed by atoms with Gasteiger partial charge in [-0.05, 0) is 39.0 Å². The number of nitrogens with one attached hydrogen (secondary N) is 1. The highest BCUT2D eigenvalue weighted by Crippen LogP contribution is 2.28. The van der Waals surface area contributed by atoms with E-state index in [-0.39, 0.29) is 12.0 Å². The molecular formula is C26H28N6O3S. The molecule has 3 heterocycles. The lowest BCUT2D eigenvalue weighted by atomic mass is 10.2. The van der Waals surface area contributed by atoms with Gasteiger partial charge in [0.05, 0.1) is 16.9 Å². The van der Waals surface area contributed by atoms with E-state index in [0.29, 0.717) is 42.7 Å². The molecule has 0 atom stereocenters. The van der Waals surface area contributed by atoms with Crippen LogP contribution in [0.1, 0.15) is 31.3 Å². The summed E-state index contributed by atoms with van der Waals surface area (Å²) in [6, 6.07) is 15.5. The lowest BCUT2D eigenvalue weighted by Crippen LogP contribution is -2.50. The lowest BCUT2D eigenvalue weighted by Gasteiger charge is -2.37. The van der Waals surface area contributed by atoms with Crippen molar-refractivity contribution in [2.24, 2.45) is 0 Å². The fourth-order valence-electron chi connectivity index (χ4n) is 4.03. The molecule has 36 heavy (non-hydrogen) atoms. The summed E-state index contributed by atoms with van der Waals surface area (Å²) in [5, 5.41) is 10.9. The highest BCUT2D eigenvalue weighted by Gasteiger charge is 2.27. The molecule has 0 unspecified atom stereocenters. The van der Waals surface area contributed by atoms with Gasteiger partial charge in [-0.25, -0.2) is 14.5 Å². The van der Waals surface area contributed by atoms with Gasteiger partial charge in [0.1, 0.15) is 11.3 Å². The summed E-state index contributed by atoms with van der Waals surface area (Å²) in [6.45, 7) is 7.96. The van der Waals surface area contributed by atoms with Crippen molar-refractivity contribution in [3.63, 3.8) is 0 Å². The molecule has 186 valence electrons. The standard InChI is InChI=1S/C26H28N6O3S/c1-26(2,3)35-25(34)31-14-12-30(13-15-31)22-11-7-6-10-20(22)27-23(33)21-17-36-24(28-21)32-16-18-8-4-5-9-19(18)29-32/h4-11,16-17H,12-15H2,1-3H3,(H,27,33). The molecule has 1 fully saturated rings. The Balaban J connectivity index is 1.26. The van der Waals surface area contributed by atoms with Crippen LogP contribution < -0.4 is 10.2 Å². The monoisotopic (exact) mass is 504 g/mol. The topological polar surface area (TPSA) is 92.6 Å². The van der Waals surface area contributed by atoms with Gasteiger partial charge in [-0.3, -0.25) is 4.79 Å². The number of hydrogen-bond donors (Lipinski definition) is 1. The summed E-state index contributed by atoms with van der Waals surface area (Å²) in [5.41, 5.74) is 2.29. The predicted molar refractivity (Wildman–Crippen MR) is 141 cm³/mol. The first-order valence-corrected chi connectivity index (χ1v) is 12.7. The molecule has 1 aliphatic heterocycles. The normalized spacial score (nSPS) is 14.2. The second-order valence-corrected chi connectivity index (χ2v) is 10.4. The van der Waals surface area contributed by atoms with Crippen molar-refractivity contribution in [1.82, 2.24) is 19.7 Å². The zero-order valence-corrected chi connectivity index (χ0v) is 21.3. The number of carbonyl (C=O) groups excluding carboxylic acids is 2. The van der Waals surface area contributed by atoms with E-state index in [4.69, 9.17) is 4.74 Å². The van der Waals surface area contributed by atoms with Crippen molar-refractivity contribution in [3.8, 4) is 5.13 Å². The molecular weight excluding hydrogens is 476 g/mol. The van der Waals surface area contributed by atoms with Gasteiger partial charge >= 0.3 is 6.09 Å². The van der Waals surface area contributed by atoms with Crippen molar-refractivity contribution in [3.05, 3.63) is 65.8 Å². The van der Waals surface area contributed by atoms with Crippen LogP contribution in [0.2, 0.25) is 0 Å². The lowest BCUT2D eigenvalue weighted by molar-refractivity contribution is 0.0240. The van der Waals surface area contributed by atoms with E-state index in [1.165, 1.54) is 11.3 Å². The van der Waals surface area contributed by atoms with E-state index < -0.39 is 5.60 Å². The first-order chi connectivity index (χ1) is 17.3. The van der Waals surface area contributed by atoms with Crippen LogP contribution in [0.4, 0.5) is 16.2 Å². The number of amides is 2. The number of thiazole rings is 1. The van der Waals surface area contributed by atoms with Crippen LogP contribution in [0.3, 0.4) is 0 Å². The molecule has 0 aliphatic carbocycles. The van der Waals surface area contributed by atoms with Gasteiger partial charge in [0, 0.05) is 43.1 Å². The number of carbonyl (C=O) groups is 2. The maximum absolute atomic E-state index is 13.1. The van der Waals surface area contributed by atoms with E-state index >= 15 is 0 Å². The van der Waals surface area contributed by atoms with Gasteiger partial charge in [-0.2, -0.15) is 5.10 Å². The Bertz CT molecular complexity index is 1360. The average molecular weight is 505 g/mol. The van der Waals surface area contributed by atoms with Crippen LogP contribution in [0.5, 0.6) is 0 Å². The summed E-state index contributed by atoms with van der Waals surface area (Å²) in [7, 11) is 0. The zero-order valence-electron chi connectivity index (χ0n) is 20.5. The highest BCUT2D eigenvalue weighted by molar-refractivity contribution is 7.12. The number of nitrogens with zero attached hydrogens (tertiary/aromatic N) is 5. The summed E-state index contributed by atoms with van der Waals surface area (Å²) >= 11 is 1.36. The number of aromatic nitrogens is 3. The maximum Gasteiger partial charge on any atom is 0.410 e. The Hall–Kier alpha value is -3.92. The van der Waals surface area contributed by atoms with Gasteiger partial charge in [-0.15, -0.1) is 11.3 Å². The number of fused-ring (bicyclic) bond motifs is 1. The zero-order chi connectivity index (χ0) is 25.3. The second-order valence-electron chi connectivity index (χ2n) is 9.57. The molecule has 1 saturated heterocycles. The molecule has 2 aromatic heterocycles. The van der Waals surface area contributed by atoms with Crippen LogP contribution in [-0.2, 0) is 4.74 Å². The molecule has 1 N–H and O–H groups in total. The number of piperazine rings is 1. The van der Waals surface area contributed by atoms with Gasteiger partial charge in [0.25, 0.3) is 5.91 Å². The first kappa shape index (κ1) is 23.8. The van der Waals surface area contributed by atoms with Gasteiger partial charge < -0.3 is 19.9 Å². The average Bonchev–Trinajstić information content (AvgIpc) is 3.51. The minimum atomic E-state index is -0.522. The number of hydrogen-bond acceptors (Lipinski definition) is 7. The largest absolute Gasteiger partial charge is 0.444 e. The highest BCUT2D eigenvalue weighted by atomic mass is 32.1. The molecule has 0 saturated carbocycles. The van der Waals surface area contributed by atoms with E-state index in [1.807, 2.05) is 75.5 Å². The van der Waals surface area contributed by atoms with Crippen LogP contribution in [0.15, 0.2) is 60.1 Å². The third-order valence-corrected chi connectivity index (χ3v) is 6.59. The third kappa shape index (κ3) is 5.18. The molecule has 5 rings (SSSR count). The number of anilines is 2. The molecule has 0 bridgehead atoms. The Morgan fingerprint density at radius 1 is 1.00 bits per heavy atom. The maximum atomic E-state index is 13.1. The SMILES string of the molecule is CC(C)(C)OC(=O)N1CCN(c2ccccc2NC(=O)c2csc(-n3cc4ccccc4n3)n2)CC1. The number of benzene rings is 2. The van der Waals surface area contributed by atoms with E-state index in [2.05, 4.69) is 20.3 Å². The Labute approximate surface area is 213 Å². The Morgan fingerprint density at radius 2 is 1.72 bits per heavy atom. The Kier molecular flexibility index (Phi) is 6.36. The van der Waals surface area contributed by atoms with E-state index in [9.17, 15) is 9.59 Å². The van der Waals surface area contributed by atoms with Crippen LogP contribution >= 0.6 is 11.3 Å². The van der Waals surface area contributed by atoms with Crippen molar-refractivity contribution in [2.45, 2.75) is 26.4 Å². The van der Waals surface area contributed by atoms with Gasteiger partial charge in [0.15, 0.2) is 0 Å². The molecule has 4 aromatic rings. The van der Waals surface area contributed by atoms with Gasteiger partial charge in [0.2, 0.25) is 5.13 Å². The van der Waals surface area contributed by atoms with Crippen LogP contribution in [0, 0.1) is 0 Å². The third-order valence-electron chi connectivity index (χ3n) is 5.76. The van der Waals surface area contributed by atoms with E-state index in [0.717, 1.165) is 16.6 Å². The predicted octanol–water partition coefficient (Wildman–Crippen LogP) is 4.79. The fourth-order valence-corrected chi connectivity index (χ4v) is 4.76. The number of ether oxygens (including phenoxy) is 1. The summed E-state index contributed by atoms with van der Waals surface area (Å²) in [6.07, 6.45) is 1.61. The summed E-state index contributed by atoms with van der Waals surface area (Å²) in [4.78, 5) is 33.8. The molecule has 10 heteroatoms. The van der Waals surface area contributed by atoms with Crippen molar-refractivity contribution >= 4 is 45.6 Å². The van der Waals surface area contributed by atoms with Crippen molar-refractivity contribution in [1.29, 1.82) is 0 Å². The second kappa shape index (κ2) is 9.62. The Morgan fingerprint density at radius 3 is 2.47 bits per heavy atom. The quantitative estimate of drug-likeness (QED) is 0.430.